The number of benzene rings is 21. The summed E-state index contributed by atoms with van der Waals surface area (Å²) in [4.78, 5) is 9.68. The first-order chi connectivity index (χ1) is 67.4. The molecule has 0 aliphatic heterocycles. The Morgan fingerprint density at radius 3 is 1.05 bits per heavy atom. The summed E-state index contributed by atoms with van der Waals surface area (Å²) in [7, 11) is 0. The zero-order valence-electron chi connectivity index (χ0n) is 73.4. The van der Waals surface area contributed by atoms with Crippen molar-refractivity contribution in [3.8, 4) is 55.6 Å². The third-order valence-electron chi connectivity index (χ3n) is 26.4. The smallest absolute Gasteiger partial charge is 0.143 e. The molecule has 10 heteroatoms. The van der Waals surface area contributed by atoms with E-state index in [0.717, 1.165) is 107 Å². The molecule has 27 rings (SSSR count). The predicted octanol–water partition coefficient (Wildman–Crippen LogP) is 39.3. The van der Waals surface area contributed by atoms with E-state index in [0.29, 0.717) is 0 Å². The van der Waals surface area contributed by atoms with Crippen LogP contribution in [0.15, 0.2) is 490 Å². The molecule has 6 heterocycles. The van der Waals surface area contributed by atoms with Crippen molar-refractivity contribution in [1.82, 2.24) is 0 Å². The fourth-order valence-corrected chi connectivity index (χ4v) is 26.2. The molecule has 0 bridgehead atoms. The van der Waals surface area contributed by atoms with Crippen molar-refractivity contribution in [3.05, 3.63) is 485 Å². The summed E-state index contributed by atoms with van der Waals surface area (Å²) in [6, 6.07) is 177. The van der Waals surface area contributed by atoms with Gasteiger partial charge in [-0.05, 0) is 244 Å². The van der Waals surface area contributed by atoms with E-state index in [1.165, 1.54) is 140 Å². The van der Waals surface area contributed by atoms with E-state index in [1.54, 1.807) is 0 Å². The van der Waals surface area contributed by atoms with Crippen molar-refractivity contribution in [2.45, 2.75) is 0 Å². The van der Waals surface area contributed by atoms with Crippen LogP contribution in [0.4, 0.5) is 68.2 Å². The second-order valence-corrected chi connectivity index (χ2v) is 39.8. The molecule has 0 radical (unpaired) electrons. The first-order valence-corrected chi connectivity index (χ1v) is 50.0. The highest BCUT2D eigenvalue weighted by Crippen LogP contribution is 2.56. The Morgan fingerprint density at radius 1 is 0.154 bits per heavy atom. The minimum atomic E-state index is 0.878. The van der Waals surface area contributed by atoms with E-state index in [-0.39, 0.29) is 0 Å². The zero-order valence-corrected chi connectivity index (χ0v) is 77.5. The van der Waals surface area contributed by atoms with E-state index in [4.69, 9.17) is 4.42 Å². The van der Waals surface area contributed by atoms with Gasteiger partial charge in [0.2, 0.25) is 0 Å². The van der Waals surface area contributed by atoms with E-state index in [1.807, 2.05) is 56.7 Å². The van der Waals surface area contributed by atoms with Gasteiger partial charge in [-0.25, -0.2) is 0 Å². The molecule has 0 unspecified atom stereocenters. The average molecular weight is 1830 g/mol. The fraction of sp³-hybridized carbons (Fsp3) is 0. The Bertz CT molecular complexity index is 9190. The molecule has 0 fully saturated rings. The average Bonchev–Trinajstić information content (AvgIpc) is 1.54. The Labute approximate surface area is 805 Å². The molecule has 0 saturated heterocycles. The zero-order chi connectivity index (χ0) is 89.7. The summed E-state index contributed by atoms with van der Waals surface area (Å²) in [6.45, 7) is 0. The van der Waals surface area contributed by atoms with Crippen LogP contribution >= 0.6 is 56.7 Å². The number of anilines is 12. The number of furan rings is 1. The second-order valence-electron chi connectivity index (χ2n) is 34.5. The van der Waals surface area contributed by atoms with Crippen molar-refractivity contribution in [1.29, 1.82) is 0 Å². The first kappa shape index (κ1) is 80.6. The van der Waals surface area contributed by atoms with E-state index >= 15 is 0 Å². The summed E-state index contributed by atoms with van der Waals surface area (Å²) in [6.07, 6.45) is 0. The number of para-hydroxylation sites is 7. The summed E-state index contributed by atoms with van der Waals surface area (Å²) < 4.78 is 19.5. The van der Waals surface area contributed by atoms with Crippen LogP contribution in [0, 0.1) is 0 Å². The minimum Gasteiger partial charge on any atom is -0.455 e. The van der Waals surface area contributed by atoms with Gasteiger partial charge in [0.25, 0.3) is 0 Å². The molecule has 6 aromatic heterocycles. The monoisotopic (exact) mass is 1820 g/mol. The van der Waals surface area contributed by atoms with Gasteiger partial charge in [-0.15, -0.1) is 56.7 Å². The van der Waals surface area contributed by atoms with Crippen LogP contribution in [0.1, 0.15) is 0 Å². The van der Waals surface area contributed by atoms with E-state index in [9.17, 15) is 0 Å². The van der Waals surface area contributed by atoms with Gasteiger partial charge in [-0.3, -0.25) is 0 Å². The third kappa shape index (κ3) is 14.2. The lowest BCUT2D eigenvalue weighted by Gasteiger charge is -2.27. The molecule has 0 saturated carbocycles. The van der Waals surface area contributed by atoms with Gasteiger partial charge in [-0.2, -0.15) is 0 Å². The normalized spacial score (nSPS) is 11.7. The molecule has 0 atom stereocenters. The molecule has 0 amide bonds. The molecular formula is C126H80N4OS5. The third-order valence-corrected chi connectivity index (χ3v) is 32.2. The van der Waals surface area contributed by atoms with E-state index in [2.05, 4.69) is 505 Å². The summed E-state index contributed by atoms with van der Waals surface area (Å²) in [5.41, 5.74) is 26.9. The quantitative estimate of drug-likeness (QED) is 0.0905. The number of hydrogen-bond acceptors (Lipinski definition) is 10. The number of hydrogen-bond donors (Lipinski definition) is 0. The highest BCUT2D eigenvalue weighted by atomic mass is 32.1. The largest absolute Gasteiger partial charge is 0.455 e. The lowest BCUT2D eigenvalue weighted by molar-refractivity contribution is 0.670. The van der Waals surface area contributed by atoms with Gasteiger partial charge in [0, 0.05) is 165 Å². The van der Waals surface area contributed by atoms with Gasteiger partial charge < -0.3 is 24.0 Å². The van der Waals surface area contributed by atoms with Gasteiger partial charge in [0.15, 0.2) is 0 Å². The number of fused-ring (bicyclic) bond motifs is 18. The highest BCUT2D eigenvalue weighted by Gasteiger charge is 2.29. The molecule has 27 aromatic rings. The lowest BCUT2D eigenvalue weighted by Crippen LogP contribution is -2.10. The maximum Gasteiger partial charge on any atom is 0.143 e. The molecule has 0 spiro atoms. The molecule has 0 aliphatic rings. The number of nitrogens with zero attached hydrogens (tertiary/aromatic N) is 4. The molecule has 640 valence electrons. The second kappa shape index (κ2) is 34.1. The molecule has 0 N–H and O–H groups in total. The highest BCUT2D eigenvalue weighted by molar-refractivity contribution is 7.28. The Kier molecular flexibility index (Phi) is 20.2. The van der Waals surface area contributed by atoms with Gasteiger partial charge >= 0.3 is 0 Å². The van der Waals surface area contributed by atoms with Gasteiger partial charge in [0.1, 0.15) is 11.2 Å². The molecular weight excluding hydrogens is 1750 g/mol. The van der Waals surface area contributed by atoms with Crippen LogP contribution in [0.5, 0.6) is 0 Å². The standard InChI is InChI=1S/C66H42N2OS2.C60H38N2S3/c1-5-20-43(21-6-1)56-40-50(41-57-52-30-13-16-33-60(52)69-65(56)57)68(49-28-11-4-12-29-49)59-38-46(37-58-53-31-14-17-34-61(53)71-66(58)59)44-22-19-23-45(36-44)55-39-51(42-63-64(55)54-32-15-18-35-62(54)70-63)67(47-24-7-2-8-25-47)48-26-9-3-10-27-48;1-4-19-41(20-5-1)61(44-31-34-56-51(36-44)47-25-10-13-28-53(47)63-56)45-37-50(58-48-26-11-14-29-54(48)64-57(58)38-45)40-18-16-17-39(35-40)46-32-33-52(60-59(46)49-27-12-15-30-55(49)65-60)62(42-21-6-2-7-22-42)43-23-8-3-9-24-43/h1-42H;1-38H. The van der Waals surface area contributed by atoms with Crippen molar-refractivity contribution in [2.75, 3.05) is 19.6 Å². The fourth-order valence-electron chi connectivity index (χ4n) is 20.3. The predicted molar refractivity (Wildman–Crippen MR) is 591 cm³/mol. The molecule has 0 aliphatic carbocycles. The van der Waals surface area contributed by atoms with Crippen molar-refractivity contribution in [3.63, 3.8) is 0 Å². The van der Waals surface area contributed by atoms with Crippen LogP contribution in [0.2, 0.25) is 0 Å². The van der Waals surface area contributed by atoms with Crippen molar-refractivity contribution < 1.29 is 4.42 Å². The van der Waals surface area contributed by atoms with Crippen molar-refractivity contribution in [2.24, 2.45) is 0 Å². The maximum atomic E-state index is 6.71. The summed E-state index contributed by atoms with van der Waals surface area (Å²) in [5.74, 6) is 0. The SMILES string of the molecule is c1ccc(-c2cc(N(c3ccccc3)c3cc(-c4cccc(-c5cc(N(c6ccccc6)c6ccccc6)cc6sc7ccccc7c56)c4)cc4c3sc3ccccc34)cc3c2oc2ccccc23)cc1.c1ccc(N(c2cc(-c3cccc(-c4ccc(N(c5ccccc5)c5ccccc5)c5sc6ccccc6c45)c3)c3c(c2)sc2ccccc23)c2ccc3sc4ccccc4c3c2)cc1. The molecule has 136 heavy (non-hydrogen) atoms. The maximum absolute atomic E-state index is 6.71. The topological polar surface area (TPSA) is 26.1 Å². The van der Waals surface area contributed by atoms with Gasteiger partial charge in [0.05, 0.1) is 20.8 Å². The molecule has 5 nitrogen and oxygen atoms in total. The minimum absolute atomic E-state index is 0.878. The number of rotatable bonds is 17. The lowest BCUT2D eigenvalue weighted by atomic mass is 9.93. The molecule has 21 aromatic carbocycles. The number of thiophene rings is 5. The van der Waals surface area contributed by atoms with Crippen molar-refractivity contribution >= 4 is 248 Å². The Hall–Kier alpha value is -16.3. The first-order valence-electron chi connectivity index (χ1n) is 45.9. The van der Waals surface area contributed by atoms with Crippen LogP contribution in [0.25, 0.3) is 178 Å². The Morgan fingerprint density at radius 2 is 0.515 bits per heavy atom. The van der Waals surface area contributed by atoms with Crippen LogP contribution < -0.4 is 19.6 Å². The van der Waals surface area contributed by atoms with Gasteiger partial charge in [-0.1, -0.05) is 291 Å². The van der Waals surface area contributed by atoms with Crippen LogP contribution in [-0.4, -0.2) is 0 Å². The summed E-state index contributed by atoms with van der Waals surface area (Å²) >= 11 is 9.33. The Balaban J connectivity index is 0.000000142. The van der Waals surface area contributed by atoms with Crippen LogP contribution in [-0.2, 0) is 0 Å². The van der Waals surface area contributed by atoms with Crippen LogP contribution in [0.3, 0.4) is 0 Å². The summed E-state index contributed by atoms with van der Waals surface area (Å²) in [5, 5.41) is 14.9. The van der Waals surface area contributed by atoms with E-state index < -0.39 is 0 Å².